The van der Waals surface area contributed by atoms with E-state index in [-0.39, 0.29) is 5.91 Å². The second-order valence-corrected chi connectivity index (χ2v) is 6.62. The lowest BCUT2D eigenvalue weighted by Crippen LogP contribution is -2.19. The zero-order valence-electron chi connectivity index (χ0n) is 8.88. The van der Waals surface area contributed by atoms with Crippen LogP contribution in [0.5, 0.6) is 0 Å². The van der Waals surface area contributed by atoms with Gasteiger partial charge in [-0.25, -0.2) is 0 Å². The van der Waals surface area contributed by atoms with Crippen LogP contribution in [0.25, 0.3) is 0 Å². The van der Waals surface area contributed by atoms with Crippen molar-refractivity contribution in [3.63, 3.8) is 0 Å². The molecule has 0 fully saturated rings. The number of rotatable bonds is 2. The van der Waals surface area contributed by atoms with E-state index in [9.17, 15) is 4.79 Å². The van der Waals surface area contributed by atoms with E-state index in [0.717, 1.165) is 25.0 Å². The van der Waals surface area contributed by atoms with E-state index in [1.165, 1.54) is 23.1 Å². The molecular weight excluding hydrogens is 336 g/mol. The Labute approximate surface area is 119 Å². The summed E-state index contributed by atoms with van der Waals surface area (Å²) < 4.78 is 1.75. The van der Waals surface area contributed by atoms with Gasteiger partial charge >= 0.3 is 0 Å². The van der Waals surface area contributed by atoms with Crippen molar-refractivity contribution in [3.05, 3.63) is 27.7 Å². The van der Waals surface area contributed by atoms with Gasteiger partial charge in [0.2, 0.25) is 5.91 Å². The number of halogens is 1. The van der Waals surface area contributed by atoms with Crippen LogP contribution in [-0.4, -0.2) is 16.1 Å². The van der Waals surface area contributed by atoms with Gasteiger partial charge in [0.05, 0.1) is 0 Å². The van der Waals surface area contributed by atoms with Gasteiger partial charge in [-0.15, -0.1) is 10.2 Å². The number of nitrogens with zero attached hydrogens (tertiary/aromatic N) is 2. The third-order valence-electron chi connectivity index (χ3n) is 2.52. The quantitative estimate of drug-likeness (QED) is 0.875. The van der Waals surface area contributed by atoms with Crippen LogP contribution in [0.2, 0.25) is 0 Å². The van der Waals surface area contributed by atoms with Gasteiger partial charge in [-0.05, 0) is 28.1 Å². The summed E-state index contributed by atoms with van der Waals surface area (Å²) in [5, 5.41) is 10.5. The van der Waals surface area contributed by atoms with Crippen LogP contribution in [0.3, 0.4) is 0 Å². The maximum atomic E-state index is 11.5. The van der Waals surface area contributed by atoms with Crippen molar-refractivity contribution in [2.24, 2.45) is 5.73 Å². The minimum absolute atomic E-state index is 0.171. The molecule has 1 amide bonds. The summed E-state index contributed by atoms with van der Waals surface area (Å²) >= 11 is 6.45. The van der Waals surface area contributed by atoms with Crippen molar-refractivity contribution in [1.29, 1.82) is 0 Å². The molecule has 5 nitrogen and oxygen atoms in total. The molecule has 1 aromatic heterocycles. The maximum absolute atomic E-state index is 11.5. The van der Waals surface area contributed by atoms with E-state index in [1.807, 2.05) is 12.1 Å². The molecule has 1 atom stereocenters. The smallest absolute Gasteiger partial charge is 0.245 e. The van der Waals surface area contributed by atoms with E-state index < -0.39 is 6.04 Å². The van der Waals surface area contributed by atoms with Crippen molar-refractivity contribution < 1.29 is 4.79 Å². The molecule has 2 aromatic rings. The molecule has 3 N–H and O–H groups in total. The number of hydrogen-bond donors (Lipinski definition) is 2. The van der Waals surface area contributed by atoms with Crippen LogP contribution in [-0.2, 0) is 4.79 Å². The number of nitrogens with one attached hydrogen (secondary N) is 1. The minimum Gasteiger partial charge on any atom is -0.324 e. The summed E-state index contributed by atoms with van der Waals surface area (Å²) in [6.07, 6.45) is 0. The molecule has 1 aromatic carbocycles. The third kappa shape index (κ3) is 2.05. The van der Waals surface area contributed by atoms with Gasteiger partial charge in [-0.3, -0.25) is 4.79 Å². The monoisotopic (exact) mass is 342 g/mol. The van der Waals surface area contributed by atoms with Crippen molar-refractivity contribution in [3.8, 4) is 0 Å². The number of benzene rings is 1. The molecular formula is C10H7BrN4OS2. The van der Waals surface area contributed by atoms with E-state index in [0.29, 0.717) is 0 Å². The standard InChI is InChI=1S/C10H7BrN4OS2/c11-5-1-4-6(14-9(16)8(4)12)2-7(5)18-10-15-13-3-17-10/h1-3,8H,12H2,(H,14,16). The fourth-order valence-electron chi connectivity index (χ4n) is 1.67. The maximum Gasteiger partial charge on any atom is 0.245 e. The SMILES string of the molecule is NC1C(=O)Nc2cc(Sc3nncs3)c(Br)cc21. The summed E-state index contributed by atoms with van der Waals surface area (Å²) in [6, 6.07) is 3.19. The van der Waals surface area contributed by atoms with Crippen molar-refractivity contribution in [2.75, 3.05) is 5.32 Å². The van der Waals surface area contributed by atoms with Crippen molar-refractivity contribution in [2.45, 2.75) is 15.3 Å². The molecule has 18 heavy (non-hydrogen) atoms. The molecule has 0 bridgehead atoms. The molecule has 0 saturated heterocycles. The first-order valence-corrected chi connectivity index (χ1v) is 7.48. The highest BCUT2D eigenvalue weighted by Crippen LogP contribution is 2.40. The van der Waals surface area contributed by atoms with Crippen LogP contribution in [0, 0.1) is 0 Å². The van der Waals surface area contributed by atoms with E-state index in [2.05, 4.69) is 31.4 Å². The summed E-state index contributed by atoms with van der Waals surface area (Å²) in [7, 11) is 0. The summed E-state index contributed by atoms with van der Waals surface area (Å²) in [6.45, 7) is 0. The second kappa shape index (κ2) is 4.61. The molecule has 0 saturated carbocycles. The lowest BCUT2D eigenvalue weighted by molar-refractivity contribution is -0.116. The Hall–Kier alpha value is -0.960. The Morgan fingerprint density at radius 1 is 1.50 bits per heavy atom. The van der Waals surface area contributed by atoms with Crippen molar-refractivity contribution >= 4 is 50.6 Å². The van der Waals surface area contributed by atoms with E-state index in [1.54, 1.807) is 5.51 Å². The molecule has 1 unspecified atom stereocenters. The number of amides is 1. The number of fused-ring (bicyclic) bond motifs is 1. The normalized spacial score (nSPS) is 17.7. The van der Waals surface area contributed by atoms with Gasteiger partial charge < -0.3 is 11.1 Å². The highest BCUT2D eigenvalue weighted by atomic mass is 79.9. The molecule has 0 spiro atoms. The lowest BCUT2D eigenvalue weighted by atomic mass is 10.1. The first-order chi connectivity index (χ1) is 8.65. The van der Waals surface area contributed by atoms with Gasteiger partial charge in [0.25, 0.3) is 0 Å². The predicted molar refractivity (Wildman–Crippen MR) is 73.7 cm³/mol. The number of hydrogen-bond acceptors (Lipinski definition) is 6. The molecule has 1 aliphatic rings. The lowest BCUT2D eigenvalue weighted by Gasteiger charge is -2.06. The van der Waals surface area contributed by atoms with Crippen LogP contribution in [0.4, 0.5) is 5.69 Å². The topological polar surface area (TPSA) is 80.9 Å². The van der Waals surface area contributed by atoms with Crippen LogP contribution < -0.4 is 11.1 Å². The Morgan fingerprint density at radius 2 is 2.33 bits per heavy atom. The van der Waals surface area contributed by atoms with Gasteiger partial charge in [-0.1, -0.05) is 23.1 Å². The average molecular weight is 343 g/mol. The van der Waals surface area contributed by atoms with Crippen LogP contribution in [0.15, 0.2) is 31.4 Å². The van der Waals surface area contributed by atoms with Crippen LogP contribution in [0.1, 0.15) is 11.6 Å². The fraction of sp³-hybridized carbons (Fsp3) is 0.100. The fourth-order valence-corrected chi connectivity index (χ4v) is 3.75. The number of carbonyl (C=O) groups is 1. The second-order valence-electron chi connectivity index (χ2n) is 3.64. The summed E-state index contributed by atoms with van der Waals surface area (Å²) in [5.74, 6) is -0.171. The third-order valence-corrected chi connectivity index (χ3v) is 5.27. The highest BCUT2D eigenvalue weighted by molar-refractivity contribution is 9.10. The predicted octanol–water partition coefficient (Wildman–Crippen LogP) is 2.40. The van der Waals surface area contributed by atoms with Crippen molar-refractivity contribution in [1.82, 2.24) is 10.2 Å². The largest absolute Gasteiger partial charge is 0.324 e. The summed E-state index contributed by atoms with van der Waals surface area (Å²) in [5.41, 5.74) is 9.05. The first-order valence-electron chi connectivity index (χ1n) is 4.99. The minimum atomic E-state index is -0.586. The number of carbonyl (C=O) groups excluding carboxylic acids is 1. The molecule has 3 rings (SSSR count). The Kier molecular flexibility index (Phi) is 3.10. The van der Waals surface area contributed by atoms with Crippen LogP contribution >= 0.6 is 39.0 Å². The van der Waals surface area contributed by atoms with Gasteiger partial charge in [0, 0.05) is 20.6 Å². The number of anilines is 1. The Bertz CT molecular complexity index is 617. The summed E-state index contributed by atoms with van der Waals surface area (Å²) in [4.78, 5) is 12.5. The zero-order valence-corrected chi connectivity index (χ0v) is 12.1. The first kappa shape index (κ1) is 12.1. The number of aromatic nitrogens is 2. The Morgan fingerprint density at radius 3 is 3.06 bits per heavy atom. The molecule has 1 aliphatic heterocycles. The zero-order chi connectivity index (χ0) is 12.7. The highest BCUT2D eigenvalue weighted by Gasteiger charge is 2.28. The van der Waals surface area contributed by atoms with E-state index in [4.69, 9.17) is 5.73 Å². The number of nitrogens with two attached hydrogens (primary N) is 1. The molecule has 0 radical (unpaired) electrons. The van der Waals surface area contributed by atoms with Gasteiger partial charge in [0.1, 0.15) is 11.6 Å². The van der Waals surface area contributed by atoms with Gasteiger partial charge in [-0.2, -0.15) is 0 Å². The average Bonchev–Trinajstić information content (AvgIpc) is 2.92. The Balaban J connectivity index is 1.98. The van der Waals surface area contributed by atoms with E-state index >= 15 is 0 Å². The molecule has 0 aliphatic carbocycles. The van der Waals surface area contributed by atoms with Gasteiger partial charge in [0.15, 0.2) is 4.34 Å². The molecule has 92 valence electrons. The molecule has 8 heteroatoms. The molecule has 2 heterocycles.